The van der Waals surface area contributed by atoms with Crippen LogP contribution in [0.3, 0.4) is 0 Å². The number of fused-ring (bicyclic) bond motifs is 3. The van der Waals surface area contributed by atoms with E-state index in [1.54, 1.807) is 0 Å². The molecular formula is C69H46N2. The summed E-state index contributed by atoms with van der Waals surface area (Å²) in [5, 5.41) is 4.86. The van der Waals surface area contributed by atoms with Crippen LogP contribution >= 0.6 is 0 Å². The van der Waals surface area contributed by atoms with E-state index in [4.69, 9.17) is 4.98 Å². The molecule has 0 saturated carbocycles. The van der Waals surface area contributed by atoms with Crippen molar-refractivity contribution < 1.29 is 0 Å². The molecule has 0 radical (unpaired) electrons. The largest absolute Gasteiger partial charge is 0.292 e. The van der Waals surface area contributed by atoms with Crippen LogP contribution in [0.1, 0.15) is 0 Å². The molecule has 0 saturated heterocycles. The van der Waals surface area contributed by atoms with E-state index in [1.165, 1.54) is 88.3 Å². The fourth-order valence-electron chi connectivity index (χ4n) is 10.9. The molecule has 0 atom stereocenters. The number of imidazole rings is 1. The van der Waals surface area contributed by atoms with Crippen LogP contribution in [0.5, 0.6) is 0 Å². The van der Waals surface area contributed by atoms with E-state index >= 15 is 0 Å². The first-order valence-electron chi connectivity index (χ1n) is 24.4. The first kappa shape index (κ1) is 41.8. The maximum Gasteiger partial charge on any atom is 0.145 e. The molecule has 71 heavy (non-hydrogen) atoms. The van der Waals surface area contributed by atoms with E-state index in [-0.39, 0.29) is 0 Å². The van der Waals surface area contributed by atoms with Crippen molar-refractivity contribution in [2.45, 2.75) is 0 Å². The predicted molar refractivity (Wildman–Crippen MR) is 300 cm³/mol. The van der Waals surface area contributed by atoms with Crippen LogP contribution in [0.25, 0.3) is 128 Å². The van der Waals surface area contributed by atoms with Crippen LogP contribution in [0.15, 0.2) is 279 Å². The van der Waals surface area contributed by atoms with E-state index in [9.17, 15) is 0 Å². The van der Waals surface area contributed by atoms with Gasteiger partial charge in [-0.3, -0.25) is 4.57 Å². The number of hydrogen-bond acceptors (Lipinski definition) is 1. The van der Waals surface area contributed by atoms with E-state index in [2.05, 4.69) is 284 Å². The smallest absolute Gasteiger partial charge is 0.145 e. The monoisotopic (exact) mass is 902 g/mol. The highest BCUT2D eigenvalue weighted by molar-refractivity contribution is 6.21. The zero-order chi connectivity index (χ0) is 47.1. The Morgan fingerprint density at radius 3 is 1.17 bits per heavy atom. The second-order valence-electron chi connectivity index (χ2n) is 18.2. The van der Waals surface area contributed by atoms with Gasteiger partial charge in [0.1, 0.15) is 5.82 Å². The van der Waals surface area contributed by atoms with Crippen LogP contribution in [0, 0.1) is 0 Å². The normalized spacial score (nSPS) is 11.4. The Labute approximate surface area is 414 Å². The second kappa shape index (κ2) is 17.9. The number of aromatic nitrogens is 2. The molecule has 0 unspecified atom stereocenters. The van der Waals surface area contributed by atoms with Crippen molar-refractivity contribution in [1.29, 1.82) is 0 Å². The number of para-hydroxylation sites is 3. The summed E-state index contributed by atoms with van der Waals surface area (Å²) >= 11 is 0. The van der Waals surface area contributed by atoms with Crippen LogP contribution < -0.4 is 0 Å². The fourth-order valence-corrected chi connectivity index (χ4v) is 10.9. The minimum absolute atomic E-state index is 0.922. The van der Waals surface area contributed by atoms with Gasteiger partial charge in [-0.2, -0.15) is 0 Å². The standard InChI is InChI=1S/C69H46N2/c1-6-23-47(24-7-1)60-46-61(67(49-27-10-3-11-28-49)68(50-29-12-4-13-30-50)66(60)48-25-8-2-9-26-48)53-31-22-32-54(45-53)65-58-37-18-16-35-56(58)64(57-36-17-19-38-59(57)65)51-41-43-52(44-42-51)69-70-62-39-20-21-40-63(62)71(69)55-33-14-5-15-34-55/h1-46H. The van der Waals surface area contributed by atoms with Gasteiger partial charge in [0.05, 0.1) is 11.0 Å². The van der Waals surface area contributed by atoms with Gasteiger partial charge in [0, 0.05) is 11.3 Å². The van der Waals surface area contributed by atoms with Crippen molar-refractivity contribution >= 4 is 32.6 Å². The van der Waals surface area contributed by atoms with Gasteiger partial charge in [-0.25, -0.2) is 4.98 Å². The summed E-state index contributed by atoms with van der Waals surface area (Å²) in [5.74, 6) is 0.922. The van der Waals surface area contributed by atoms with Crippen molar-refractivity contribution in [3.8, 4) is 95.0 Å². The van der Waals surface area contributed by atoms with E-state index in [0.29, 0.717) is 0 Å². The van der Waals surface area contributed by atoms with Gasteiger partial charge in [-0.15, -0.1) is 0 Å². The summed E-state index contributed by atoms with van der Waals surface area (Å²) in [6.45, 7) is 0. The van der Waals surface area contributed by atoms with Gasteiger partial charge in [-0.05, 0) is 136 Å². The number of hydrogen-bond donors (Lipinski definition) is 0. The summed E-state index contributed by atoms with van der Waals surface area (Å²) in [5.41, 5.74) is 20.9. The third kappa shape index (κ3) is 7.42. The molecular weight excluding hydrogens is 857 g/mol. The first-order valence-corrected chi connectivity index (χ1v) is 24.4. The van der Waals surface area contributed by atoms with Crippen molar-refractivity contribution in [2.75, 3.05) is 0 Å². The average molecular weight is 903 g/mol. The summed E-state index contributed by atoms with van der Waals surface area (Å²) in [7, 11) is 0. The van der Waals surface area contributed by atoms with Gasteiger partial charge < -0.3 is 0 Å². The molecule has 13 rings (SSSR count). The molecule has 0 spiro atoms. The lowest BCUT2D eigenvalue weighted by Crippen LogP contribution is -1.98. The Bertz CT molecular complexity index is 3990. The molecule has 0 N–H and O–H groups in total. The molecule has 2 heteroatoms. The average Bonchev–Trinajstić information content (AvgIpc) is 3.85. The molecule has 332 valence electrons. The highest BCUT2D eigenvalue weighted by Crippen LogP contribution is 2.51. The topological polar surface area (TPSA) is 17.8 Å². The summed E-state index contributed by atoms with van der Waals surface area (Å²) in [6, 6.07) is 101. The maximum atomic E-state index is 5.18. The predicted octanol–water partition coefficient (Wildman–Crippen LogP) is 18.7. The molecule has 0 aliphatic carbocycles. The van der Waals surface area contributed by atoms with E-state index in [1.807, 2.05) is 0 Å². The molecule has 0 aliphatic heterocycles. The fraction of sp³-hybridized carbons (Fsp3) is 0. The summed E-state index contributed by atoms with van der Waals surface area (Å²) < 4.78 is 2.27. The Kier molecular flexibility index (Phi) is 10.6. The highest BCUT2D eigenvalue weighted by atomic mass is 15.1. The molecule has 0 fully saturated rings. The third-order valence-corrected chi connectivity index (χ3v) is 14.0. The number of rotatable bonds is 9. The molecule has 13 aromatic rings. The number of nitrogens with zero attached hydrogens (tertiary/aromatic N) is 2. The highest BCUT2D eigenvalue weighted by Gasteiger charge is 2.25. The Hall–Kier alpha value is -9.37. The van der Waals surface area contributed by atoms with Crippen molar-refractivity contribution in [3.05, 3.63) is 279 Å². The molecule has 12 aromatic carbocycles. The third-order valence-electron chi connectivity index (χ3n) is 14.0. The van der Waals surface area contributed by atoms with Crippen LogP contribution in [0.2, 0.25) is 0 Å². The van der Waals surface area contributed by atoms with Crippen molar-refractivity contribution in [1.82, 2.24) is 9.55 Å². The van der Waals surface area contributed by atoms with Gasteiger partial charge in [0.15, 0.2) is 0 Å². The molecule has 2 nitrogen and oxygen atoms in total. The zero-order valence-electron chi connectivity index (χ0n) is 39.0. The van der Waals surface area contributed by atoms with Crippen LogP contribution in [-0.4, -0.2) is 9.55 Å². The van der Waals surface area contributed by atoms with Gasteiger partial charge >= 0.3 is 0 Å². The van der Waals surface area contributed by atoms with E-state index in [0.717, 1.165) is 39.2 Å². The van der Waals surface area contributed by atoms with Crippen LogP contribution in [-0.2, 0) is 0 Å². The Balaban J connectivity index is 1.02. The van der Waals surface area contributed by atoms with E-state index < -0.39 is 0 Å². The Morgan fingerprint density at radius 2 is 0.620 bits per heavy atom. The maximum absolute atomic E-state index is 5.18. The number of benzene rings is 12. The Morgan fingerprint density at radius 1 is 0.239 bits per heavy atom. The first-order chi connectivity index (χ1) is 35.3. The molecule has 0 aliphatic rings. The molecule has 1 aromatic heterocycles. The van der Waals surface area contributed by atoms with Crippen molar-refractivity contribution in [2.24, 2.45) is 0 Å². The summed E-state index contributed by atoms with van der Waals surface area (Å²) in [6.07, 6.45) is 0. The SMILES string of the molecule is c1ccc(-c2cc(-c3cccc(-c4c5ccccc5c(-c5ccc(-c6nc7ccccc7n6-c6ccccc6)cc5)c5ccccc45)c3)c(-c3ccccc3)c(-c3ccccc3)c2-c2ccccc2)cc1. The summed E-state index contributed by atoms with van der Waals surface area (Å²) in [4.78, 5) is 5.18. The minimum Gasteiger partial charge on any atom is -0.292 e. The molecule has 1 heterocycles. The minimum atomic E-state index is 0.922. The zero-order valence-corrected chi connectivity index (χ0v) is 39.0. The van der Waals surface area contributed by atoms with Crippen molar-refractivity contribution in [3.63, 3.8) is 0 Å². The lowest BCUT2D eigenvalue weighted by molar-refractivity contribution is 1.10. The quantitative estimate of drug-likeness (QED) is 0.132. The van der Waals surface area contributed by atoms with Gasteiger partial charge in [0.25, 0.3) is 0 Å². The van der Waals surface area contributed by atoms with Gasteiger partial charge in [-0.1, -0.05) is 243 Å². The van der Waals surface area contributed by atoms with Gasteiger partial charge in [0.2, 0.25) is 0 Å². The van der Waals surface area contributed by atoms with Crippen LogP contribution in [0.4, 0.5) is 0 Å². The molecule has 0 bridgehead atoms. The molecule has 0 amide bonds. The lowest BCUT2D eigenvalue weighted by Gasteiger charge is -2.25. The second-order valence-corrected chi connectivity index (χ2v) is 18.2. The lowest BCUT2D eigenvalue weighted by atomic mass is 9.78.